The number of fused-ring (bicyclic) bond motifs is 4. The lowest BCUT2D eigenvalue weighted by Gasteiger charge is -2.34. The predicted octanol–water partition coefficient (Wildman–Crippen LogP) is 13.0. The average Bonchev–Trinajstić information content (AvgIpc) is 3.44. The number of unbranched alkanes of at least 4 members (excludes halogenated alkanes) is 2. The summed E-state index contributed by atoms with van der Waals surface area (Å²) in [5.74, 6) is -0.729. The van der Waals surface area contributed by atoms with Crippen molar-refractivity contribution in [1.29, 1.82) is 0 Å². The summed E-state index contributed by atoms with van der Waals surface area (Å²) in [4.78, 5) is 13.8. The fraction of sp³-hybridized carbons (Fsp3) is 0.226. The maximum absolute atomic E-state index is 11.3. The Bertz CT molecular complexity index is 2440. The molecule has 0 amide bonds. The number of carboxylic acid groups (broad SMARTS) is 1. The molecule has 2 unspecified atom stereocenters. The Labute approximate surface area is 333 Å². The van der Waals surface area contributed by atoms with Gasteiger partial charge in [0, 0.05) is 35.2 Å². The predicted molar refractivity (Wildman–Crippen MR) is 237 cm³/mol. The zero-order valence-electron chi connectivity index (χ0n) is 33.0. The molecular formula is C53H53NO2. The minimum absolute atomic E-state index is 0.209. The Morgan fingerprint density at radius 3 is 2.07 bits per heavy atom. The van der Waals surface area contributed by atoms with E-state index in [0.717, 1.165) is 37.8 Å². The van der Waals surface area contributed by atoms with Gasteiger partial charge in [-0.05, 0) is 107 Å². The lowest BCUT2D eigenvalue weighted by Crippen LogP contribution is -2.31. The third kappa shape index (κ3) is 7.91. The van der Waals surface area contributed by atoms with E-state index in [1.54, 1.807) is 0 Å². The molecule has 0 saturated heterocycles. The van der Waals surface area contributed by atoms with E-state index >= 15 is 0 Å². The van der Waals surface area contributed by atoms with Crippen molar-refractivity contribution < 1.29 is 9.90 Å². The molecule has 1 aliphatic rings. The summed E-state index contributed by atoms with van der Waals surface area (Å²) in [6, 6.07) is 48.0. The number of anilines is 1. The van der Waals surface area contributed by atoms with E-state index in [-0.39, 0.29) is 17.3 Å². The second kappa shape index (κ2) is 16.8. The SMILES string of the molecule is C=C(/C=C/C=C/C=C1/N(CCCCCC(=O)O)c2ccc3ccccc3c2C1(C)Cc1ccccc1)C(C)(Cc1ccccc1)c1c(C)ccc2ccccc12. The molecule has 0 bridgehead atoms. The molecule has 2 atom stereocenters. The number of nitrogens with zero attached hydrogens (tertiary/aromatic N) is 1. The number of carboxylic acids is 1. The van der Waals surface area contributed by atoms with Gasteiger partial charge in [-0.2, -0.15) is 0 Å². The van der Waals surface area contributed by atoms with Gasteiger partial charge < -0.3 is 10.0 Å². The number of carbonyl (C=O) groups is 1. The first-order valence-electron chi connectivity index (χ1n) is 20.0. The molecule has 0 fully saturated rings. The van der Waals surface area contributed by atoms with Crippen molar-refractivity contribution in [3.05, 3.63) is 210 Å². The van der Waals surface area contributed by atoms with Crippen LogP contribution in [0, 0.1) is 6.92 Å². The van der Waals surface area contributed by atoms with Crippen LogP contribution in [0.3, 0.4) is 0 Å². The second-order valence-corrected chi connectivity index (χ2v) is 15.8. The first-order chi connectivity index (χ1) is 27.2. The van der Waals surface area contributed by atoms with Crippen LogP contribution in [0.1, 0.15) is 67.3 Å². The van der Waals surface area contributed by atoms with Crippen molar-refractivity contribution in [3.8, 4) is 0 Å². The minimum atomic E-state index is -0.729. The highest BCUT2D eigenvalue weighted by Crippen LogP contribution is 2.52. The van der Waals surface area contributed by atoms with Gasteiger partial charge in [0.05, 0.1) is 0 Å². The zero-order valence-corrected chi connectivity index (χ0v) is 33.0. The molecule has 1 N–H and O–H groups in total. The summed E-state index contributed by atoms with van der Waals surface area (Å²) in [7, 11) is 0. The molecule has 6 aromatic rings. The summed E-state index contributed by atoms with van der Waals surface area (Å²) < 4.78 is 0. The number of hydrogen-bond donors (Lipinski definition) is 1. The van der Waals surface area contributed by atoms with Crippen LogP contribution in [0.4, 0.5) is 5.69 Å². The summed E-state index contributed by atoms with van der Waals surface area (Å²) in [5, 5.41) is 14.3. The topological polar surface area (TPSA) is 40.5 Å². The largest absolute Gasteiger partial charge is 0.481 e. The van der Waals surface area contributed by atoms with Crippen molar-refractivity contribution in [1.82, 2.24) is 0 Å². The van der Waals surface area contributed by atoms with Crippen LogP contribution in [0.25, 0.3) is 21.5 Å². The fourth-order valence-electron chi connectivity index (χ4n) is 9.09. The summed E-state index contributed by atoms with van der Waals surface area (Å²) in [6.45, 7) is 12.5. The van der Waals surface area contributed by atoms with Crippen LogP contribution < -0.4 is 4.90 Å². The molecule has 7 rings (SSSR count). The third-order valence-corrected chi connectivity index (χ3v) is 11.9. The van der Waals surface area contributed by atoms with Gasteiger partial charge in [0.1, 0.15) is 0 Å². The van der Waals surface area contributed by atoms with E-state index in [1.807, 2.05) is 0 Å². The van der Waals surface area contributed by atoms with E-state index in [2.05, 4.69) is 190 Å². The quantitative estimate of drug-likeness (QED) is 0.0843. The highest BCUT2D eigenvalue weighted by Gasteiger charge is 2.44. The number of aryl methyl sites for hydroxylation is 1. The number of benzene rings is 6. The molecule has 3 heteroatoms. The molecule has 56 heavy (non-hydrogen) atoms. The normalized spacial score (nSPS) is 17.3. The fourth-order valence-corrected chi connectivity index (χ4v) is 9.09. The Hall–Kier alpha value is -5.93. The second-order valence-electron chi connectivity index (χ2n) is 15.8. The van der Waals surface area contributed by atoms with Crippen LogP contribution in [-0.4, -0.2) is 17.6 Å². The molecule has 0 spiro atoms. The van der Waals surface area contributed by atoms with Gasteiger partial charge in [-0.15, -0.1) is 0 Å². The van der Waals surface area contributed by atoms with Gasteiger partial charge >= 0.3 is 5.97 Å². The van der Waals surface area contributed by atoms with E-state index in [9.17, 15) is 9.90 Å². The van der Waals surface area contributed by atoms with Gasteiger partial charge in [-0.1, -0.05) is 172 Å². The standard InChI is InChI=1S/C53H53NO2/c1-39-32-33-43-26-16-18-28-45(43)50(39)52(3,37-41-22-10-6-11-23-41)40(2)21-9-5-14-30-48-53(4,38-42-24-12-7-13-25-42)51-46-29-19-17-27-44(46)34-35-47(51)54(48)36-20-8-15-31-49(55)56/h5-7,9-14,16-19,21-30,32-35H,2,8,15,20,31,36-38H2,1,3-4H3,(H,55,56)/b14-5+,21-9+,48-30+. The molecule has 1 aliphatic heterocycles. The Balaban J connectivity index is 1.25. The molecule has 0 aliphatic carbocycles. The minimum Gasteiger partial charge on any atom is -0.481 e. The number of rotatable bonds is 15. The van der Waals surface area contributed by atoms with Crippen molar-refractivity contribution in [2.45, 2.75) is 70.1 Å². The van der Waals surface area contributed by atoms with Crippen molar-refractivity contribution in [3.63, 3.8) is 0 Å². The highest BCUT2D eigenvalue weighted by atomic mass is 16.4. The van der Waals surface area contributed by atoms with Crippen LogP contribution in [0.5, 0.6) is 0 Å². The molecule has 0 aromatic heterocycles. The molecule has 1 heterocycles. The average molecular weight is 736 g/mol. The van der Waals surface area contributed by atoms with Crippen molar-refractivity contribution >= 4 is 33.2 Å². The van der Waals surface area contributed by atoms with Gasteiger partial charge in [0.15, 0.2) is 0 Å². The van der Waals surface area contributed by atoms with E-state index < -0.39 is 5.97 Å². The van der Waals surface area contributed by atoms with Gasteiger partial charge in [0.25, 0.3) is 0 Å². The van der Waals surface area contributed by atoms with Gasteiger partial charge in [-0.25, -0.2) is 0 Å². The number of hydrogen-bond acceptors (Lipinski definition) is 2. The van der Waals surface area contributed by atoms with Crippen LogP contribution in [0.15, 0.2) is 182 Å². The zero-order chi connectivity index (χ0) is 39.1. The van der Waals surface area contributed by atoms with Crippen LogP contribution in [0.2, 0.25) is 0 Å². The van der Waals surface area contributed by atoms with Crippen molar-refractivity contribution in [2.24, 2.45) is 0 Å². The first-order valence-corrected chi connectivity index (χ1v) is 20.0. The Morgan fingerprint density at radius 1 is 0.732 bits per heavy atom. The van der Waals surface area contributed by atoms with E-state index in [1.165, 1.54) is 60.7 Å². The third-order valence-electron chi connectivity index (χ3n) is 11.9. The lowest BCUT2D eigenvalue weighted by atomic mass is 9.69. The maximum atomic E-state index is 11.3. The van der Waals surface area contributed by atoms with E-state index in [0.29, 0.717) is 6.42 Å². The number of aliphatic carboxylic acids is 1. The summed E-state index contributed by atoms with van der Waals surface area (Å²) in [5.41, 5.74) is 9.46. The maximum Gasteiger partial charge on any atom is 0.303 e. The molecule has 282 valence electrons. The molecular weight excluding hydrogens is 683 g/mol. The Kier molecular flexibility index (Phi) is 11.5. The molecule has 0 radical (unpaired) electrons. The van der Waals surface area contributed by atoms with Crippen molar-refractivity contribution in [2.75, 3.05) is 11.4 Å². The van der Waals surface area contributed by atoms with Crippen LogP contribution >= 0.6 is 0 Å². The molecule has 6 aromatic carbocycles. The molecule has 0 saturated carbocycles. The smallest absolute Gasteiger partial charge is 0.303 e. The Morgan fingerprint density at radius 2 is 1.36 bits per heavy atom. The number of allylic oxidation sites excluding steroid dienone is 7. The monoisotopic (exact) mass is 735 g/mol. The van der Waals surface area contributed by atoms with Crippen LogP contribution in [-0.2, 0) is 28.5 Å². The van der Waals surface area contributed by atoms with Gasteiger partial charge in [-0.3, -0.25) is 4.79 Å². The van der Waals surface area contributed by atoms with Gasteiger partial charge in [0.2, 0.25) is 0 Å². The summed E-state index contributed by atoms with van der Waals surface area (Å²) in [6.07, 6.45) is 15.3. The first kappa shape index (κ1) is 38.3. The lowest BCUT2D eigenvalue weighted by molar-refractivity contribution is -0.137. The highest BCUT2D eigenvalue weighted by molar-refractivity contribution is 5.95. The van der Waals surface area contributed by atoms with E-state index in [4.69, 9.17) is 6.58 Å². The summed E-state index contributed by atoms with van der Waals surface area (Å²) >= 11 is 0. The molecule has 3 nitrogen and oxygen atoms in total.